The molecule has 31 heavy (non-hydrogen) atoms. The van der Waals surface area contributed by atoms with E-state index in [2.05, 4.69) is 61.0 Å². The average molecular weight is 435 g/mol. The molecule has 2 atom stereocenters. The Morgan fingerprint density at radius 3 is 2.26 bits per heavy atom. The van der Waals surface area contributed by atoms with E-state index in [0.717, 1.165) is 63.7 Å². The van der Waals surface area contributed by atoms with Gasteiger partial charge in [0, 0.05) is 42.0 Å². The normalized spacial score (nSPS) is 19.4. The van der Waals surface area contributed by atoms with Gasteiger partial charge in [-0.15, -0.1) is 0 Å². The summed E-state index contributed by atoms with van der Waals surface area (Å²) in [6.45, 7) is 10.9. The lowest BCUT2D eigenvalue weighted by molar-refractivity contribution is 0.120. The van der Waals surface area contributed by atoms with Crippen LogP contribution in [0, 0.1) is 18.8 Å². The predicted molar refractivity (Wildman–Crippen MR) is 130 cm³/mol. The molecule has 1 aromatic heterocycles. The van der Waals surface area contributed by atoms with Crippen molar-refractivity contribution in [2.45, 2.75) is 27.2 Å². The van der Waals surface area contributed by atoms with Crippen LogP contribution in [0.3, 0.4) is 0 Å². The van der Waals surface area contributed by atoms with Crippen LogP contribution in [0.15, 0.2) is 60.8 Å². The van der Waals surface area contributed by atoms with Crippen LogP contribution in [0.5, 0.6) is 5.75 Å². The van der Waals surface area contributed by atoms with Gasteiger partial charge >= 0.3 is 0 Å². The van der Waals surface area contributed by atoms with E-state index < -0.39 is 0 Å². The molecular formula is C27H31ClN2O. The van der Waals surface area contributed by atoms with E-state index in [0.29, 0.717) is 0 Å². The van der Waals surface area contributed by atoms with Gasteiger partial charge in [0.05, 0.1) is 5.69 Å². The number of benzene rings is 2. The van der Waals surface area contributed by atoms with E-state index in [9.17, 15) is 0 Å². The molecule has 0 N–H and O–H groups in total. The van der Waals surface area contributed by atoms with Crippen LogP contribution in [0.4, 0.5) is 0 Å². The number of aryl methyl sites for hydroxylation is 1. The highest BCUT2D eigenvalue weighted by Crippen LogP contribution is 2.28. The first-order valence-corrected chi connectivity index (χ1v) is 11.5. The van der Waals surface area contributed by atoms with Gasteiger partial charge in [0.1, 0.15) is 12.4 Å². The summed E-state index contributed by atoms with van der Waals surface area (Å²) in [7, 11) is 0. The lowest BCUT2D eigenvalue weighted by Gasteiger charge is -2.34. The molecular weight excluding hydrogens is 404 g/mol. The van der Waals surface area contributed by atoms with E-state index in [1.54, 1.807) is 0 Å². The number of ether oxygens (including phenoxy) is 1. The molecule has 4 rings (SSSR count). The lowest BCUT2D eigenvalue weighted by atomic mass is 9.92. The van der Waals surface area contributed by atoms with Crippen molar-refractivity contribution in [1.29, 1.82) is 0 Å². The molecule has 2 heterocycles. The smallest absolute Gasteiger partial charge is 0.122 e. The van der Waals surface area contributed by atoms with Crippen molar-refractivity contribution in [3.05, 3.63) is 71.4 Å². The van der Waals surface area contributed by atoms with Crippen LogP contribution >= 0.6 is 11.6 Å². The second-order valence-corrected chi connectivity index (χ2v) is 9.41. The quantitative estimate of drug-likeness (QED) is 0.429. The van der Waals surface area contributed by atoms with Gasteiger partial charge in [-0.1, -0.05) is 43.6 Å². The van der Waals surface area contributed by atoms with E-state index in [4.69, 9.17) is 16.3 Å². The van der Waals surface area contributed by atoms with Crippen LogP contribution in [-0.4, -0.2) is 36.1 Å². The first-order valence-electron chi connectivity index (χ1n) is 11.2. The van der Waals surface area contributed by atoms with E-state index in [1.807, 2.05) is 30.5 Å². The van der Waals surface area contributed by atoms with Crippen LogP contribution in [-0.2, 0) is 0 Å². The molecule has 0 amide bonds. The third kappa shape index (κ3) is 5.66. The minimum atomic E-state index is 0.730. The third-order valence-corrected chi connectivity index (χ3v) is 6.27. The number of likely N-dealkylation sites (tertiary alicyclic amines) is 1. The van der Waals surface area contributed by atoms with Crippen molar-refractivity contribution >= 4 is 11.6 Å². The monoisotopic (exact) mass is 434 g/mol. The summed E-state index contributed by atoms with van der Waals surface area (Å²) < 4.78 is 6.11. The summed E-state index contributed by atoms with van der Waals surface area (Å²) in [5.41, 5.74) is 5.40. The van der Waals surface area contributed by atoms with Gasteiger partial charge in [-0.25, -0.2) is 0 Å². The molecule has 1 aliphatic rings. The molecule has 4 heteroatoms. The Morgan fingerprint density at radius 1 is 0.935 bits per heavy atom. The second kappa shape index (κ2) is 9.84. The molecule has 1 saturated heterocycles. The van der Waals surface area contributed by atoms with E-state index in [1.165, 1.54) is 19.5 Å². The topological polar surface area (TPSA) is 25.4 Å². The maximum atomic E-state index is 6.11. The fraction of sp³-hybridized carbons (Fsp3) is 0.370. The minimum Gasteiger partial charge on any atom is -0.492 e. The second-order valence-electron chi connectivity index (χ2n) is 8.97. The molecule has 0 spiro atoms. The molecule has 0 saturated carbocycles. The molecule has 0 aliphatic carbocycles. The van der Waals surface area contributed by atoms with Crippen LogP contribution in [0.1, 0.15) is 25.8 Å². The van der Waals surface area contributed by atoms with Gasteiger partial charge in [-0.05, 0) is 72.7 Å². The Kier molecular flexibility index (Phi) is 6.94. The summed E-state index contributed by atoms with van der Waals surface area (Å²) in [6, 6.07) is 18.3. The maximum absolute atomic E-state index is 6.11. The van der Waals surface area contributed by atoms with Crippen LogP contribution in [0.2, 0.25) is 5.02 Å². The first kappa shape index (κ1) is 21.9. The number of hydrogen-bond acceptors (Lipinski definition) is 3. The largest absolute Gasteiger partial charge is 0.492 e. The number of halogens is 1. The molecule has 1 fully saturated rings. The highest BCUT2D eigenvalue weighted by molar-refractivity contribution is 6.30. The van der Waals surface area contributed by atoms with Crippen molar-refractivity contribution in [2.75, 3.05) is 26.2 Å². The number of nitrogens with zero attached hydrogens (tertiary/aromatic N) is 2. The molecule has 1 aliphatic heterocycles. The fourth-order valence-electron chi connectivity index (χ4n) is 4.61. The third-order valence-electron chi connectivity index (χ3n) is 6.02. The predicted octanol–water partition coefficient (Wildman–Crippen LogP) is 6.73. The summed E-state index contributed by atoms with van der Waals surface area (Å²) in [5.74, 6) is 2.52. The van der Waals surface area contributed by atoms with Crippen LogP contribution in [0.25, 0.3) is 22.4 Å². The molecule has 0 radical (unpaired) electrons. The number of rotatable bonds is 6. The SMILES string of the molecule is Cc1cc(-c2ccc(-c3ccc(Cl)cc3)cn2)ccc1OCCN1CC(C)CC(C)C1. The van der Waals surface area contributed by atoms with Crippen molar-refractivity contribution in [3.63, 3.8) is 0 Å². The van der Waals surface area contributed by atoms with Gasteiger partial charge in [-0.2, -0.15) is 0 Å². The number of aromatic nitrogens is 1. The molecule has 2 unspecified atom stereocenters. The summed E-state index contributed by atoms with van der Waals surface area (Å²) in [4.78, 5) is 7.21. The standard InChI is InChI=1S/C27H31ClN2O/c1-19-14-20(2)18-30(17-19)12-13-31-27-11-7-23(15-21(27)3)26-10-6-24(16-29-26)22-4-8-25(28)9-5-22/h4-11,15-16,19-20H,12-14,17-18H2,1-3H3. The lowest BCUT2D eigenvalue weighted by Crippen LogP contribution is -2.40. The molecule has 2 aromatic carbocycles. The van der Waals surface area contributed by atoms with Gasteiger partial charge < -0.3 is 4.74 Å². The zero-order valence-corrected chi connectivity index (χ0v) is 19.4. The minimum absolute atomic E-state index is 0.730. The zero-order valence-electron chi connectivity index (χ0n) is 18.6. The van der Waals surface area contributed by atoms with Gasteiger partial charge in [-0.3, -0.25) is 9.88 Å². The number of piperidine rings is 1. The zero-order chi connectivity index (χ0) is 21.8. The summed E-state index contributed by atoms with van der Waals surface area (Å²) in [5, 5.41) is 0.742. The van der Waals surface area contributed by atoms with E-state index in [-0.39, 0.29) is 0 Å². The Balaban J connectivity index is 1.37. The van der Waals surface area contributed by atoms with Crippen molar-refractivity contribution < 1.29 is 4.74 Å². The van der Waals surface area contributed by atoms with Crippen molar-refractivity contribution in [1.82, 2.24) is 9.88 Å². The van der Waals surface area contributed by atoms with Crippen LogP contribution < -0.4 is 4.74 Å². The average Bonchev–Trinajstić information content (AvgIpc) is 2.75. The maximum Gasteiger partial charge on any atom is 0.122 e. The molecule has 0 bridgehead atoms. The molecule has 162 valence electrons. The summed E-state index contributed by atoms with van der Waals surface area (Å²) >= 11 is 5.99. The Labute approximate surface area is 191 Å². The van der Waals surface area contributed by atoms with Gasteiger partial charge in [0.15, 0.2) is 0 Å². The van der Waals surface area contributed by atoms with Gasteiger partial charge in [0.2, 0.25) is 0 Å². The van der Waals surface area contributed by atoms with Crippen molar-refractivity contribution in [2.24, 2.45) is 11.8 Å². The van der Waals surface area contributed by atoms with Crippen molar-refractivity contribution in [3.8, 4) is 28.1 Å². The molecule has 3 nitrogen and oxygen atoms in total. The first-order chi connectivity index (χ1) is 15.0. The Bertz CT molecular complexity index is 991. The number of pyridine rings is 1. The Hall–Kier alpha value is -2.36. The molecule has 3 aromatic rings. The number of hydrogen-bond donors (Lipinski definition) is 0. The van der Waals surface area contributed by atoms with Gasteiger partial charge in [0.25, 0.3) is 0 Å². The Morgan fingerprint density at radius 2 is 1.61 bits per heavy atom. The van der Waals surface area contributed by atoms with E-state index >= 15 is 0 Å². The fourth-order valence-corrected chi connectivity index (χ4v) is 4.73. The summed E-state index contributed by atoms with van der Waals surface area (Å²) in [6.07, 6.45) is 3.26. The highest BCUT2D eigenvalue weighted by Gasteiger charge is 2.21. The highest BCUT2D eigenvalue weighted by atomic mass is 35.5.